The molecule has 2 heterocycles. The molecule has 1 aromatic rings. The van der Waals surface area contributed by atoms with Gasteiger partial charge in [0.1, 0.15) is 0 Å². The van der Waals surface area contributed by atoms with E-state index in [4.69, 9.17) is 5.11 Å². The molecule has 21 heavy (non-hydrogen) atoms. The standard InChI is InChI=1S/C12H20N4O4S/c17-12(18)11-3-1-7-16(9-11)21(19,20)14-4-2-6-15-8-5-13-10-15/h5,8,10-11,14H,1-4,6-7,9H2,(H,17,18). The molecule has 1 aliphatic heterocycles. The van der Waals surface area contributed by atoms with Crippen molar-refractivity contribution in [2.24, 2.45) is 5.92 Å². The lowest BCUT2D eigenvalue weighted by atomic mass is 10.0. The van der Waals surface area contributed by atoms with Gasteiger partial charge in [-0.3, -0.25) is 4.79 Å². The summed E-state index contributed by atoms with van der Waals surface area (Å²) in [6, 6.07) is 0. The first-order chi connectivity index (χ1) is 9.99. The van der Waals surface area contributed by atoms with Crippen molar-refractivity contribution in [1.29, 1.82) is 0 Å². The molecule has 0 aliphatic carbocycles. The van der Waals surface area contributed by atoms with Crippen LogP contribution >= 0.6 is 0 Å². The monoisotopic (exact) mass is 316 g/mol. The van der Waals surface area contributed by atoms with Gasteiger partial charge in [0.25, 0.3) is 10.2 Å². The molecule has 9 heteroatoms. The second-order valence-corrected chi connectivity index (χ2v) is 6.84. The lowest BCUT2D eigenvalue weighted by Gasteiger charge is -2.29. The Labute approximate surface area is 124 Å². The molecule has 1 unspecified atom stereocenters. The van der Waals surface area contributed by atoms with E-state index in [2.05, 4.69) is 9.71 Å². The van der Waals surface area contributed by atoms with Crippen LogP contribution in [0.3, 0.4) is 0 Å². The zero-order valence-electron chi connectivity index (χ0n) is 11.7. The average molecular weight is 316 g/mol. The number of imidazole rings is 1. The SMILES string of the molecule is O=C(O)C1CCCN(S(=O)(=O)NCCCn2ccnc2)C1. The average Bonchev–Trinajstić information content (AvgIpc) is 2.97. The van der Waals surface area contributed by atoms with Gasteiger partial charge in [-0.2, -0.15) is 12.7 Å². The van der Waals surface area contributed by atoms with Gasteiger partial charge in [0.2, 0.25) is 0 Å². The van der Waals surface area contributed by atoms with Crippen molar-refractivity contribution in [1.82, 2.24) is 18.6 Å². The van der Waals surface area contributed by atoms with Crippen molar-refractivity contribution < 1.29 is 18.3 Å². The fourth-order valence-electron chi connectivity index (χ4n) is 2.34. The molecule has 0 aromatic carbocycles. The zero-order chi connectivity index (χ0) is 15.3. The Hall–Kier alpha value is -1.45. The third kappa shape index (κ3) is 4.51. The maximum Gasteiger partial charge on any atom is 0.307 e. The first-order valence-electron chi connectivity index (χ1n) is 6.92. The van der Waals surface area contributed by atoms with Crippen molar-refractivity contribution in [3.8, 4) is 0 Å². The fourth-order valence-corrected chi connectivity index (χ4v) is 3.67. The van der Waals surface area contributed by atoms with Crippen LogP contribution in [-0.2, 0) is 21.5 Å². The van der Waals surface area contributed by atoms with Gasteiger partial charge in [-0.05, 0) is 19.3 Å². The molecule has 2 N–H and O–H groups in total. The van der Waals surface area contributed by atoms with Crippen LogP contribution in [0.2, 0.25) is 0 Å². The molecular formula is C12H20N4O4S. The molecule has 1 aromatic heterocycles. The highest BCUT2D eigenvalue weighted by atomic mass is 32.2. The van der Waals surface area contributed by atoms with Crippen LogP contribution in [0.4, 0.5) is 0 Å². The Morgan fingerprint density at radius 3 is 2.95 bits per heavy atom. The second kappa shape index (κ2) is 7.01. The van der Waals surface area contributed by atoms with Crippen molar-refractivity contribution >= 4 is 16.2 Å². The summed E-state index contributed by atoms with van der Waals surface area (Å²) in [6.07, 6.45) is 6.91. The fraction of sp³-hybridized carbons (Fsp3) is 0.667. The number of nitrogens with one attached hydrogen (secondary N) is 1. The van der Waals surface area contributed by atoms with Gasteiger partial charge in [0, 0.05) is 38.6 Å². The summed E-state index contributed by atoms with van der Waals surface area (Å²) in [5.41, 5.74) is 0. The van der Waals surface area contributed by atoms with Crippen LogP contribution < -0.4 is 4.72 Å². The molecule has 8 nitrogen and oxygen atoms in total. The predicted octanol–water partition coefficient (Wildman–Crippen LogP) is -0.0958. The summed E-state index contributed by atoms with van der Waals surface area (Å²) in [5, 5.41) is 8.99. The number of carbonyl (C=O) groups is 1. The Balaban J connectivity index is 1.79. The number of rotatable bonds is 7. The third-order valence-corrected chi connectivity index (χ3v) is 5.09. The molecule has 1 atom stereocenters. The summed E-state index contributed by atoms with van der Waals surface area (Å²) < 4.78 is 29.9. The molecule has 0 spiro atoms. The van der Waals surface area contributed by atoms with Crippen LogP contribution in [0, 0.1) is 5.92 Å². The summed E-state index contributed by atoms with van der Waals surface area (Å²) in [4.78, 5) is 14.9. The molecule has 1 fully saturated rings. The molecule has 0 bridgehead atoms. The van der Waals surface area contributed by atoms with Gasteiger partial charge in [0.05, 0.1) is 12.2 Å². The number of piperidine rings is 1. The first-order valence-corrected chi connectivity index (χ1v) is 8.36. The molecule has 1 aliphatic rings. The minimum Gasteiger partial charge on any atom is -0.481 e. The van der Waals surface area contributed by atoms with Gasteiger partial charge in [0.15, 0.2) is 0 Å². The highest BCUT2D eigenvalue weighted by molar-refractivity contribution is 7.87. The molecule has 0 saturated carbocycles. The summed E-state index contributed by atoms with van der Waals surface area (Å²) in [7, 11) is -3.60. The maximum absolute atomic E-state index is 12.1. The van der Waals surface area contributed by atoms with Crippen molar-refractivity contribution in [3.05, 3.63) is 18.7 Å². The van der Waals surface area contributed by atoms with E-state index < -0.39 is 22.1 Å². The lowest BCUT2D eigenvalue weighted by Crippen LogP contribution is -2.47. The number of aliphatic carboxylic acids is 1. The Morgan fingerprint density at radius 1 is 1.48 bits per heavy atom. The zero-order valence-corrected chi connectivity index (χ0v) is 12.5. The Morgan fingerprint density at radius 2 is 2.29 bits per heavy atom. The van der Waals surface area contributed by atoms with E-state index >= 15 is 0 Å². The number of aromatic nitrogens is 2. The van der Waals surface area contributed by atoms with Crippen molar-refractivity contribution in [3.63, 3.8) is 0 Å². The Bertz CT molecular complexity index is 558. The molecule has 0 radical (unpaired) electrons. The van der Waals surface area contributed by atoms with E-state index in [1.807, 2.05) is 10.8 Å². The minimum atomic E-state index is -3.60. The number of aryl methyl sites for hydroxylation is 1. The molecular weight excluding hydrogens is 296 g/mol. The van der Waals surface area contributed by atoms with E-state index in [1.165, 1.54) is 4.31 Å². The minimum absolute atomic E-state index is 0.0478. The third-order valence-electron chi connectivity index (χ3n) is 3.51. The van der Waals surface area contributed by atoms with Crippen molar-refractivity contribution in [2.45, 2.75) is 25.8 Å². The number of carboxylic acids is 1. The number of carboxylic acid groups (broad SMARTS) is 1. The van der Waals surface area contributed by atoms with Gasteiger partial charge >= 0.3 is 5.97 Å². The number of nitrogens with zero attached hydrogens (tertiary/aromatic N) is 3. The van der Waals surface area contributed by atoms with Gasteiger partial charge in [-0.1, -0.05) is 0 Å². The van der Waals surface area contributed by atoms with Gasteiger partial charge < -0.3 is 9.67 Å². The lowest BCUT2D eigenvalue weighted by molar-refractivity contribution is -0.142. The predicted molar refractivity (Wildman–Crippen MR) is 75.7 cm³/mol. The highest BCUT2D eigenvalue weighted by Crippen LogP contribution is 2.18. The molecule has 1 saturated heterocycles. The van der Waals surface area contributed by atoms with Gasteiger partial charge in [-0.25, -0.2) is 9.71 Å². The number of hydrogen-bond donors (Lipinski definition) is 2. The van der Waals surface area contributed by atoms with E-state index in [-0.39, 0.29) is 6.54 Å². The second-order valence-electron chi connectivity index (χ2n) is 5.09. The van der Waals surface area contributed by atoms with Crippen LogP contribution in [0.5, 0.6) is 0 Å². The van der Waals surface area contributed by atoms with Gasteiger partial charge in [-0.15, -0.1) is 0 Å². The normalized spacial score (nSPS) is 20.5. The van der Waals surface area contributed by atoms with E-state index in [0.29, 0.717) is 38.9 Å². The van der Waals surface area contributed by atoms with E-state index in [0.717, 1.165) is 0 Å². The highest BCUT2D eigenvalue weighted by Gasteiger charge is 2.31. The molecule has 0 amide bonds. The maximum atomic E-state index is 12.1. The quantitative estimate of drug-likeness (QED) is 0.684. The smallest absolute Gasteiger partial charge is 0.307 e. The Kier molecular flexibility index (Phi) is 5.32. The van der Waals surface area contributed by atoms with Crippen LogP contribution in [0.15, 0.2) is 18.7 Å². The topological polar surface area (TPSA) is 105 Å². The van der Waals surface area contributed by atoms with Crippen LogP contribution in [-0.4, -0.2) is 53.0 Å². The first kappa shape index (κ1) is 15.9. The summed E-state index contributed by atoms with van der Waals surface area (Å²) in [6.45, 7) is 1.42. The summed E-state index contributed by atoms with van der Waals surface area (Å²) >= 11 is 0. The molecule has 118 valence electrons. The van der Waals surface area contributed by atoms with E-state index in [9.17, 15) is 13.2 Å². The summed E-state index contributed by atoms with van der Waals surface area (Å²) in [5.74, 6) is -1.55. The van der Waals surface area contributed by atoms with Crippen molar-refractivity contribution in [2.75, 3.05) is 19.6 Å². The number of hydrogen-bond acceptors (Lipinski definition) is 4. The largest absolute Gasteiger partial charge is 0.481 e. The molecule has 2 rings (SSSR count). The van der Waals surface area contributed by atoms with E-state index in [1.54, 1.807) is 12.5 Å². The van der Waals surface area contributed by atoms with Crippen LogP contribution in [0.25, 0.3) is 0 Å². The van der Waals surface area contributed by atoms with Crippen LogP contribution in [0.1, 0.15) is 19.3 Å².